The molecule has 1 aromatic carbocycles. The Bertz CT molecular complexity index is 564. The summed E-state index contributed by atoms with van der Waals surface area (Å²) in [7, 11) is 7.97. The summed E-state index contributed by atoms with van der Waals surface area (Å²) in [5.41, 5.74) is 1.94. The predicted octanol–water partition coefficient (Wildman–Crippen LogP) is 0.949. The molecule has 1 saturated heterocycles. The van der Waals surface area contributed by atoms with Crippen LogP contribution in [0.4, 0.5) is 5.69 Å². The third-order valence-electron chi connectivity index (χ3n) is 6.08. The van der Waals surface area contributed by atoms with Gasteiger partial charge >= 0.3 is 0 Å². The maximum atomic E-state index is 12.0. The van der Waals surface area contributed by atoms with E-state index in [1.807, 2.05) is 21.1 Å². The minimum Gasteiger partial charge on any atom is -0.388 e. The fraction of sp³-hybridized carbons (Fsp3) is 0.667. The molecule has 0 aromatic heterocycles. The number of nitrogens with one attached hydrogen (secondary N) is 3. The predicted molar refractivity (Wildman–Crippen MR) is 94.7 cm³/mol. The summed E-state index contributed by atoms with van der Waals surface area (Å²) in [5.74, 6) is 0.243. The van der Waals surface area contributed by atoms with Gasteiger partial charge in [0, 0.05) is 19.2 Å². The van der Waals surface area contributed by atoms with Crippen molar-refractivity contribution in [1.29, 1.82) is 0 Å². The molecule has 2 aliphatic rings. The van der Waals surface area contributed by atoms with Gasteiger partial charge in [-0.1, -0.05) is 6.07 Å². The SMILES string of the molecule is CNc1ccc2c(c1)C(O)(C1CCN(C)CC1)C(NC)(NC)C2. The molecule has 1 heterocycles. The van der Waals surface area contributed by atoms with E-state index in [1.165, 1.54) is 5.56 Å². The van der Waals surface area contributed by atoms with Gasteiger partial charge in [-0.25, -0.2) is 0 Å². The third-order valence-corrected chi connectivity index (χ3v) is 6.08. The van der Waals surface area contributed by atoms with Crippen LogP contribution in [0.1, 0.15) is 24.0 Å². The number of likely N-dealkylation sites (N-methyl/N-ethyl adjacent to an activating group) is 2. The van der Waals surface area contributed by atoms with Gasteiger partial charge in [-0.05, 0) is 76.3 Å². The smallest absolute Gasteiger partial charge is 0.124 e. The van der Waals surface area contributed by atoms with Crippen LogP contribution < -0.4 is 16.0 Å². The van der Waals surface area contributed by atoms with Gasteiger partial charge in [0.25, 0.3) is 0 Å². The molecule has 1 aromatic rings. The van der Waals surface area contributed by atoms with E-state index in [2.05, 4.69) is 46.1 Å². The maximum Gasteiger partial charge on any atom is 0.124 e. The van der Waals surface area contributed by atoms with Gasteiger partial charge in [0.1, 0.15) is 11.3 Å². The highest BCUT2D eigenvalue weighted by atomic mass is 16.3. The van der Waals surface area contributed by atoms with Gasteiger partial charge in [0.2, 0.25) is 0 Å². The van der Waals surface area contributed by atoms with Crippen LogP contribution >= 0.6 is 0 Å². The molecule has 1 atom stereocenters. The molecular formula is C18H30N4O. The number of piperidine rings is 1. The molecule has 1 aliphatic carbocycles. The van der Waals surface area contributed by atoms with Crippen molar-refractivity contribution in [3.8, 4) is 0 Å². The molecule has 128 valence electrons. The Kier molecular flexibility index (Phi) is 4.40. The minimum absolute atomic E-state index is 0.243. The number of likely N-dealkylation sites (tertiary alicyclic amines) is 1. The molecule has 1 fully saturated rings. The number of rotatable bonds is 4. The summed E-state index contributed by atoms with van der Waals surface area (Å²) in [5, 5.41) is 22.1. The van der Waals surface area contributed by atoms with Crippen LogP contribution in [0.5, 0.6) is 0 Å². The molecule has 0 spiro atoms. The van der Waals surface area contributed by atoms with Gasteiger partial charge in [-0.15, -0.1) is 0 Å². The van der Waals surface area contributed by atoms with Gasteiger partial charge in [0.15, 0.2) is 0 Å². The highest BCUT2D eigenvalue weighted by Gasteiger charge is 2.59. The molecule has 1 unspecified atom stereocenters. The standard InChI is InChI=1S/C18H30N4O/c1-19-15-6-5-13-12-17(20-2,21-3)18(23,16(13)11-15)14-7-9-22(4)10-8-14/h5-6,11,14,19-21,23H,7-10,12H2,1-4H3. The second-order valence-corrected chi connectivity index (χ2v) is 7.05. The number of hydrogen-bond acceptors (Lipinski definition) is 5. The van der Waals surface area contributed by atoms with Crippen LogP contribution in [0.25, 0.3) is 0 Å². The highest BCUT2D eigenvalue weighted by molar-refractivity contribution is 5.54. The van der Waals surface area contributed by atoms with Crippen molar-refractivity contribution in [2.45, 2.75) is 30.5 Å². The lowest BCUT2D eigenvalue weighted by Gasteiger charge is -2.49. The van der Waals surface area contributed by atoms with E-state index in [-0.39, 0.29) is 5.92 Å². The first-order valence-corrected chi connectivity index (χ1v) is 8.60. The molecule has 1 aliphatic heterocycles. The Labute approximate surface area is 139 Å². The van der Waals surface area contributed by atoms with E-state index in [0.717, 1.165) is 43.6 Å². The summed E-state index contributed by atoms with van der Waals surface area (Å²) in [6.07, 6.45) is 2.82. The monoisotopic (exact) mass is 318 g/mol. The van der Waals surface area contributed by atoms with E-state index in [9.17, 15) is 5.11 Å². The zero-order valence-electron chi connectivity index (χ0n) is 14.7. The average molecular weight is 318 g/mol. The molecule has 0 radical (unpaired) electrons. The van der Waals surface area contributed by atoms with Crippen LogP contribution in [0.3, 0.4) is 0 Å². The second-order valence-electron chi connectivity index (χ2n) is 7.05. The Balaban J connectivity index is 2.09. The quantitative estimate of drug-likeness (QED) is 0.623. The van der Waals surface area contributed by atoms with Gasteiger partial charge in [0.05, 0.1) is 0 Å². The summed E-state index contributed by atoms with van der Waals surface area (Å²) in [4.78, 5) is 2.35. The lowest BCUT2D eigenvalue weighted by molar-refractivity contribution is -0.117. The van der Waals surface area contributed by atoms with Gasteiger partial charge in [-0.2, -0.15) is 0 Å². The molecule has 0 saturated carbocycles. The number of fused-ring (bicyclic) bond motifs is 1. The normalized spacial score (nSPS) is 27.9. The van der Waals surface area contributed by atoms with E-state index in [0.29, 0.717) is 0 Å². The van der Waals surface area contributed by atoms with Crippen LogP contribution in [-0.4, -0.2) is 56.9 Å². The van der Waals surface area contributed by atoms with Crippen molar-refractivity contribution in [1.82, 2.24) is 15.5 Å². The van der Waals surface area contributed by atoms with E-state index < -0.39 is 11.3 Å². The van der Waals surface area contributed by atoms with Crippen molar-refractivity contribution < 1.29 is 5.11 Å². The van der Waals surface area contributed by atoms with Crippen molar-refractivity contribution in [2.75, 3.05) is 46.6 Å². The summed E-state index contributed by atoms with van der Waals surface area (Å²) < 4.78 is 0. The molecule has 23 heavy (non-hydrogen) atoms. The second kappa shape index (κ2) is 6.06. The number of benzene rings is 1. The van der Waals surface area contributed by atoms with Crippen molar-refractivity contribution >= 4 is 5.69 Å². The molecule has 0 bridgehead atoms. The largest absolute Gasteiger partial charge is 0.388 e. The third kappa shape index (κ3) is 2.38. The van der Waals surface area contributed by atoms with E-state index >= 15 is 0 Å². The Morgan fingerprint density at radius 1 is 1.13 bits per heavy atom. The number of nitrogens with zero attached hydrogens (tertiary/aromatic N) is 1. The van der Waals surface area contributed by atoms with Crippen molar-refractivity contribution in [3.63, 3.8) is 0 Å². The first kappa shape index (κ1) is 16.7. The average Bonchev–Trinajstić information content (AvgIpc) is 2.85. The summed E-state index contributed by atoms with van der Waals surface area (Å²) in [6, 6.07) is 6.37. The van der Waals surface area contributed by atoms with Crippen LogP contribution in [0, 0.1) is 5.92 Å². The minimum atomic E-state index is -0.903. The van der Waals surface area contributed by atoms with E-state index in [1.54, 1.807) is 0 Å². The molecule has 0 amide bonds. The Morgan fingerprint density at radius 2 is 1.78 bits per heavy atom. The fourth-order valence-corrected chi connectivity index (χ4v) is 4.57. The molecule has 5 nitrogen and oxygen atoms in total. The zero-order chi connectivity index (χ0) is 16.7. The van der Waals surface area contributed by atoms with Gasteiger partial charge < -0.3 is 15.3 Å². The first-order valence-electron chi connectivity index (χ1n) is 8.60. The molecule has 3 rings (SSSR count). The topological polar surface area (TPSA) is 59.6 Å². The highest BCUT2D eigenvalue weighted by Crippen LogP contribution is 2.50. The Morgan fingerprint density at radius 3 is 2.35 bits per heavy atom. The fourth-order valence-electron chi connectivity index (χ4n) is 4.57. The maximum absolute atomic E-state index is 12.0. The lowest BCUT2D eigenvalue weighted by atomic mass is 9.71. The summed E-state index contributed by atoms with van der Waals surface area (Å²) >= 11 is 0. The molecular weight excluding hydrogens is 288 g/mol. The molecule has 5 heteroatoms. The zero-order valence-corrected chi connectivity index (χ0v) is 14.7. The first-order chi connectivity index (χ1) is 11.0. The number of anilines is 1. The number of aliphatic hydroxyl groups is 1. The van der Waals surface area contributed by atoms with Crippen LogP contribution in [-0.2, 0) is 12.0 Å². The van der Waals surface area contributed by atoms with Gasteiger partial charge in [-0.3, -0.25) is 10.6 Å². The summed E-state index contributed by atoms with van der Waals surface area (Å²) in [6.45, 7) is 2.08. The molecule has 4 N–H and O–H groups in total. The van der Waals surface area contributed by atoms with Crippen LogP contribution in [0.15, 0.2) is 18.2 Å². The van der Waals surface area contributed by atoms with Crippen molar-refractivity contribution in [2.24, 2.45) is 5.92 Å². The van der Waals surface area contributed by atoms with Crippen molar-refractivity contribution in [3.05, 3.63) is 29.3 Å². The van der Waals surface area contributed by atoms with Crippen LogP contribution in [0.2, 0.25) is 0 Å². The Hall–Kier alpha value is -1.14. The van der Waals surface area contributed by atoms with E-state index in [4.69, 9.17) is 0 Å². The number of hydrogen-bond donors (Lipinski definition) is 4. The lowest BCUT2D eigenvalue weighted by Crippen LogP contribution is -2.69.